The van der Waals surface area contributed by atoms with Gasteiger partial charge in [0.15, 0.2) is 0 Å². The van der Waals surface area contributed by atoms with Gasteiger partial charge in [-0.1, -0.05) is 118 Å². The zero-order valence-electron chi connectivity index (χ0n) is 28.6. The van der Waals surface area contributed by atoms with Crippen LogP contribution >= 0.6 is 0 Å². The summed E-state index contributed by atoms with van der Waals surface area (Å²) in [5.41, 5.74) is 7.76. The van der Waals surface area contributed by atoms with Crippen molar-refractivity contribution in [1.29, 1.82) is 0 Å². The van der Waals surface area contributed by atoms with Gasteiger partial charge in [-0.05, 0) is 93.0 Å². The zero-order valence-corrected chi connectivity index (χ0v) is 29.6. The molecule has 6 heteroatoms. The van der Waals surface area contributed by atoms with Gasteiger partial charge in [0.2, 0.25) is 5.91 Å². The van der Waals surface area contributed by atoms with Gasteiger partial charge < -0.3 is 15.1 Å². The van der Waals surface area contributed by atoms with Crippen molar-refractivity contribution in [1.82, 2.24) is 5.32 Å². The highest BCUT2D eigenvalue weighted by molar-refractivity contribution is 6.99. The molecule has 0 bridgehead atoms. The minimum atomic E-state index is -2.72. The molecule has 0 fully saturated rings. The molecular weight excluding hydrogens is 609 g/mol. The summed E-state index contributed by atoms with van der Waals surface area (Å²) in [6, 6.07) is 40.8. The number of benzene rings is 5. The highest BCUT2D eigenvalue weighted by Gasteiger charge is 2.50. The molecule has 0 saturated heterocycles. The lowest BCUT2D eigenvalue weighted by Crippen LogP contribution is -2.66. The van der Waals surface area contributed by atoms with Crippen LogP contribution in [-0.2, 0) is 15.8 Å². The van der Waals surface area contributed by atoms with Crippen molar-refractivity contribution in [2.24, 2.45) is 0 Å². The van der Waals surface area contributed by atoms with Crippen LogP contribution in [0.1, 0.15) is 53.4 Å². The number of hydrogen-bond donors (Lipinski definition) is 2. The molecule has 5 aromatic carbocycles. The summed E-state index contributed by atoms with van der Waals surface area (Å²) in [5.74, 6) is -0.381. The quantitative estimate of drug-likeness (QED) is 0.119. The Kier molecular flexibility index (Phi) is 10.6. The Morgan fingerprint density at radius 3 is 1.98 bits per heavy atom. The van der Waals surface area contributed by atoms with E-state index in [1.807, 2.05) is 30.3 Å². The van der Waals surface area contributed by atoms with Crippen molar-refractivity contribution in [3.05, 3.63) is 155 Å². The topological polar surface area (TPSA) is 67.4 Å². The fourth-order valence-electron chi connectivity index (χ4n) is 6.38. The molecule has 0 aliphatic heterocycles. The van der Waals surface area contributed by atoms with E-state index in [0.717, 1.165) is 22.3 Å². The third-order valence-electron chi connectivity index (χ3n) is 8.95. The monoisotopic (exact) mass is 652 g/mol. The fourth-order valence-corrected chi connectivity index (χ4v) is 10.9. The highest BCUT2D eigenvalue weighted by atomic mass is 28.4. The van der Waals surface area contributed by atoms with Crippen molar-refractivity contribution < 1.29 is 14.0 Å². The van der Waals surface area contributed by atoms with Crippen molar-refractivity contribution in [3.8, 4) is 11.1 Å². The van der Waals surface area contributed by atoms with Crippen molar-refractivity contribution in [2.45, 2.75) is 46.3 Å². The Morgan fingerprint density at radius 2 is 1.40 bits per heavy atom. The largest absolute Gasteiger partial charge is 0.403 e. The summed E-state index contributed by atoms with van der Waals surface area (Å²) >= 11 is 0. The van der Waals surface area contributed by atoms with E-state index in [0.29, 0.717) is 17.9 Å². The van der Waals surface area contributed by atoms with E-state index in [9.17, 15) is 9.59 Å². The first-order chi connectivity index (χ1) is 23.0. The molecule has 0 saturated carbocycles. The average molecular weight is 653 g/mol. The third kappa shape index (κ3) is 7.41. The maximum Gasteiger partial charge on any atom is 0.261 e. The number of carbonyl (C=O) groups excluding carboxylic acids is 2. The van der Waals surface area contributed by atoms with Gasteiger partial charge in [0.1, 0.15) is 0 Å². The van der Waals surface area contributed by atoms with Crippen LogP contribution in [0.25, 0.3) is 17.2 Å². The van der Waals surface area contributed by atoms with E-state index in [1.54, 1.807) is 25.3 Å². The summed E-state index contributed by atoms with van der Waals surface area (Å²) in [7, 11) is -1.12. The molecule has 0 atom stereocenters. The van der Waals surface area contributed by atoms with Gasteiger partial charge in [0.05, 0.1) is 6.61 Å². The van der Waals surface area contributed by atoms with E-state index in [4.69, 9.17) is 4.43 Å². The smallest absolute Gasteiger partial charge is 0.261 e. The molecule has 5 rings (SSSR count). The van der Waals surface area contributed by atoms with Crippen LogP contribution in [0.2, 0.25) is 5.04 Å². The Balaban J connectivity index is 1.40. The molecule has 0 spiro atoms. The predicted molar refractivity (Wildman–Crippen MR) is 201 cm³/mol. The molecule has 2 N–H and O–H groups in total. The van der Waals surface area contributed by atoms with E-state index < -0.39 is 8.32 Å². The Bertz CT molecular complexity index is 1870. The number of hydrogen-bond acceptors (Lipinski definition) is 3. The summed E-state index contributed by atoms with van der Waals surface area (Å²) < 4.78 is 7.32. The Hall–Kier alpha value is -5.04. The summed E-state index contributed by atoms with van der Waals surface area (Å²) in [6.07, 6.45) is 3.23. The van der Waals surface area contributed by atoms with Gasteiger partial charge in [-0.3, -0.25) is 9.59 Å². The van der Waals surface area contributed by atoms with Gasteiger partial charge in [0, 0.05) is 24.4 Å². The van der Waals surface area contributed by atoms with Crippen LogP contribution in [0.4, 0.5) is 5.69 Å². The van der Waals surface area contributed by atoms with Crippen LogP contribution < -0.4 is 21.0 Å². The lowest BCUT2D eigenvalue weighted by molar-refractivity contribution is -0.111. The number of nitrogens with one attached hydrogen (secondary N) is 2. The summed E-state index contributed by atoms with van der Waals surface area (Å²) in [5, 5.41) is 8.00. The van der Waals surface area contributed by atoms with Gasteiger partial charge >= 0.3 is 0 Å². The first-order valence-corrected chi connectivity index (χ1v) is 18.2. The second-order valence-corrected chi connectivity index (χ2v) is 17.4. The number of aryl methyl sites for hydroxylation is 1. The van der Waals surface area contributed by atoms with Crippen LogP contribution in [0.15, 0.2) is 127 Å². The molecular formula is C42H44N2O3Si. The molecule has 5 aromatic rings. The van der Waals surface area contributed by atoms with Gasteiger partial charge in [-0.15, -0.1) is 0 Å². The molecule has 0 heterocycles. The molecule has 48 heavy (non-hydrogen) atoms. The first kappa shape index (κ1) is 34.3. The maximum atomic E-state index is 12.8. The molecule has 0 aliphatic rings. The average Bonchev–Trinajstić information content (AvgIpc) is 3.09. The minimum Gasteiger partial charge on any atom is -0.403 e. The fraction of sp³-hybridized carbons (Fsp3) is 0.190. The van der Waals surface area contributed by atoms with Crippen molar-refractivity contribution in [2.75, 3.05) is 12.4 Å². The van der Waals surface area contributed by atoms with Crippen LogP contribution in [0.5, 0.6) is 0 Å². The number of rotatable bonds is 10. The maximum absolute atomic E-state index is 12.8. The Labute approximate surface area is 285 Å². The van der Waals surface area contributed by atoms with Gasteiger partial charge in [-0.25, -0.2) is 0 Å². The standard InChI is InChI=1S/C42H44N2O3Si/c1-30-20-26-38(34-14-13-15-35(28-34)44-40(45)27-23-32-21-24-33(25-22-32)41(46)43-6)31(2)39(30)29-47-48(42(3,4)5,36-16-9-7-10-17-36)37-18-11-8-12-19-37/h7-28H,29H2,1-6H3,(H,43,46)(H,44,45). The van der Waals surface area contributed by atoms with Crippen molar-refractivity contribution >= 4 is 42.3 Å². The molecule has 0 aromatic heterocycles. The molecule has 244 valence electrons. The van der Waals surface area contributed by atoms with Crippen LogP contribution in [0.3, 0.4) is 0 Å². The van der Waals surface area contributed by atoms with E-state index in [1.165, 1.54) is 27.6 Å². The van der Waals surface area contributed by atoms with Crippen molar-refractivity contribution in [3.63, 3.8) is 0 Å². The van der Waals surface area contributed by atoms with E-state index >= 15 is 0 Å². The van der Waals surface area contributed by atoms with E-state index in [-0.39, 0.29) is 16.9 Å². The molecule has 5 nitrogen and oxygen atoms in total. The second kappa shape index (κ2) is 14.8. The first-order valence-electron chi connectivity index (χ1n) is 16.3. The highest BCUT2D eigenvalue weighted by Crippen LogP contribution is 2.38. The summed E-state index contributed by atoms with van der Waals surface area (Å²) in [4.78, 5) is 24.6. The van der Waals surface area contributed by atoms with E-state index in [2.05, 4.69) is 124 Å². The minimum absolute atomic E-state index is 0.120. The number of anilines is 1. The lowest BCUT2D eigenvalue weighted by Gasteiger charge is -2.43. The molecule has 0 radical (unpaired) electrons. The summed E-state index contributed by atoms with van der Waals surface area (Å²) in [6.45, 7) is 11.7. The van der Waals surface area contributed by atoms with Gasteiger partial charge in [-0.2, -0.15) is 0 Å². The Morgan fingerprint density at radius 1 is 0.771 bits per heavy atom. The van der Waals surface area contributed by atoms with Crippen LogP contribution in [-0.4, -0.2) is 27.2 Å². The molecule has 0 aliphatic carbocycles. The second-order valence-electron chi connectivity index (χ2n) is 13.1. The normalized spacial score (nSPS) is 11.8. The van der Waals surface area contributed by atoms with Crippen LogP contribution in [0, 0.1) is 13.8 Å². The SMILES string of the molecule is CNC(=O)c1ccc(C=CC(=O)Nc2cccc(-c3ccc(C)c(CO[Si](c4ccccc4)(c4ccccc4)C(C)(C)C)c3C)c2)cc1. The number of carbonyl (C=O) groups is 2. The lowest BCUT2D eigenvalue weighted by atomic mass is 9.93. The van der Waals surface area contributed by atoms with Gasteiger partial charge in [0.25, 0.3) is 14.2 Å². The molecule has 2 amide bonds. The zero-order chi connectivity index (χ0) is 34.3. The number of amides is 2. The predicted octanol–water partition coefficient (Wildman–Crippen LogP) is 8.06. The molecule has 0 unspecified atom stereocenters. The third-order valence-corrected chi connectivity index (χ3v) is 13.9.